The maximum absolute atomic E-state index is 13.2. The molecule has 18 heavy (non-hydrogen) atoms. The molecule has 1 aromatic rings. The quantitative estimate of drug-likeness (QED) is 0.610. The molecule has 6 heteroatoms. The van der Waals surface area contributed by atoms with E-state index in [1.807, 2.05) is 22.6 Å². The van der Waals surface area contributed by atoms with Gasteiger partial charge in [0.05, 0.1) is 10.6 Å². The summed E-state index contributed by atoms with van der Waals surface area (Å²) in [5, 5.41) is 6.31. The van der Waals surface area contributed by atoms with E-state index < -0.39 is 5.82 Å². The Morgan fingerprint density at radius 1 is 1.44 bits per heavy atom. The monoisotopic (exact) mass is 382 g/mol. The zero-order valence-electron chi connectivity index (χ0n) is 9.60. The van der Waals surface area contributed by atoms with Gasteiger partial charge in [-0.15, -0.1) is 0 Å². The van der Waals surface area contributed by atoms with Crippen LogP contribution in [0.2, 0.25) is 5.02 Å². The minimum absolute atomic E-state index is 0.152. The number of piperidine rings is 1. The van der Waals surface area contributed by atoms with E-state index in [2.05, 4.69) is 10.6 Å². The van der Waals surface area contributed by atoms with Crippen LogP contribution in [0, 0.1) is 9.39 Å². The van der Waals surface area contributed by atoms with Gasteiger partial charge in [-0.2, -0.15) is 0 Å². The molecule has 1 fully saturated rings. The number of halogens is 3. The van der Waals surface area contributed by atoms with Gasteiger partial charge in [0.15, 0.2) is 0 Å². The van der Waals surface area contributed by atoms with Gasteiger partial charge in [0, 0.05) is 9.61 Å². The summed E-state index contributed by atoms with van der Waals surface area (Å²) < 4.78 is 13.6. The van der Waals surface area contributed by atoms with Crippen LogP contribution in [0.1, 0.15) is 23.2 Å². The highest BCUT2D eigenvalue weighted by Crippen LogP contribution is 2.22. The second-order valence-electron chi connectivity index (χ2n) is 4.24. The summed E-state index contributed by atoms with van der Waals surface area (Å²) in [7, 11) is 0. The number of hydrogen-bond acceptors (Lipinski definition) is 2. The first-order chi connectivity index (χ1) is 8.58. The van der Waals surface area contributed by atoms with Crippen LogP contribution in [0.4, 0.5) is 4.39 Å². The highest BCUT2D eigenvalue weighted by Gasteiger charge is 2.19. The number of carbonyl (C=O) groups excluding carboxylic acids is 1. The summed E-state index contributed by atoms with van der Waals surface area (Å²) in [5.74, 6) is -0.635. The molecule has 1 aliphatic heterocycles. The first kappa shape index (κ1) is 14.0. The van der Waals surface area contributed by atoms with Crippen LogP contribution in [-0.2, 0) is 0 Å². The highest BCUT2D eigenvalue weighted by atomic mass is 127. The van der Waals surface area contributed by atoms with Crippen LogP contribution in [0.25, 0.3) is 0 Å². The lowest BCUT2D eigenvalue weighted by molar-refractivity contribution is 0.0929. The Bertz CT molecular complexity index is 464. The molecule has 0 unspecified atom stereocenters. The van der Waals surface area contributed by atoms with Gasteiger partial charge in [-0.3, -0.25) is 4.79 Å². The molecular formula is C12H13ClFIN2O. The molecule has 1 saturated heterocycles. The third-order valence-electron chi connectivity index (χ3n) is 2.93. The van der Waals surface area contributed by atoms with Crippen molar-refractivity contribution < 1.29 is 9.18 Å². The van der Waals surface area contributed by atoms with Gasteiger partial charge in [0.2, 0.25) is 0 Å². The van der Waals surface area contributed by atoms with Crippen molar-refractivity contribution in [3.8, 4) is 0 Å². The first-order valence-corrected chi connectivity index (χ1v) is 7.19. The minimum atomic E-state index is -0.404. The number of rotatable bonds is 2. The van der Waals surface area contributed by atoms with Gasteiger partial charge in [-0.05, 0) is 60.7 Å². The molecule has 1 aromatic carbocycles. The van der Waals surface area contributed by atoms with Crippen LogP contribution in [0.5, 0.6) is 0 Å². The van der Waals surface area contributed by atoms with Crippen LogP contribution >= 0.6 is 34.2 Å². The predicted molar refractivity (Wildman–Crippen MR) is 77.5 cm³/mol. The van der Waals surface area contributed by atoms with Crippen molar-refractivity contribution in [1.82, 2.24) is 10.6 Å². The van der Waals surface area contributed by atoms with Gasteiger partial charge in [0.1, 0.15) is 5.82 Å². The molecule has 1 aliphatic rings. The summed E-state index contributed by atoms with van der Waals surface area (Å²) in [6, 6.07) is 2.83. The SMILES string of the molecule is O=C(NC1CCNCC1)c1cc(I)c(F)cc1Cl. The fourth-order valence-electron chi connectivity index (χ4n) is 1.93. The molecule has 0 spiro atoms. The Labute approximate surface area is 124 Å². The molecule has 1 heterocycles. The van der Waals surface area contributed by atoms with Crippen molar-refractivity contribution in [1.29, 1.82) is 0 Å². The molecule has 98 valence electrons. The molecule has 0 bridgehead atoms. The van der Waals surface area contributed by atoms with Gasteiger partial charge < -0.3 is 10.6 Å². The van der Waals surface area contributed by atoms with E-state index in [1.165, 1.54) is 12.1 Å². The molecule has 0 atom stereocenters. The molecule has 2 rings (SSSR count). The molecular weight excluding hydrogens is 370 g/mol. The first-order valence-electron chi connectivity index (χ1n) is 5.74. The third kappa shape index (κ3) is 3.33. The average Bonchev–Trinajstić information content (AvgIpc) is 2.35. The van der Waals surface area contributed by atoms with Gasteiger partial charge in [0.25, 0.3) is 5.91 Å². The van der Waals surface area contributed by atoms with E-state index in [0.29, 0.717) is 9.13 Å². The Hall–Kier alpha value is -0.400. The van der Waals surface area contributed by atoms with E-state index in [4.69, 9.17) is 11.6 Å². The maximum Gasteiger partial charge on any atom is 0.253 e. The molecule has 0 aromatic heterocycles. The number of benzene rings is 1. The molecule has 0 aliphatic carbocycles. The Kier molecular flexibility index (Phi) is 4.80. The van der Waals surface area contributed by atoms with E-state index in [0.717, 1.165) is 25.9 Å². The second-order valence-corrected chi connectivity index (χ2v) is 5.81. The van der Waals surface area contributed by atoms with E-state index >= 15 is 0 Å². The van der Waals surface area contributed by atoms with E-state index in [1.54, 1.807) is 0 Å². The highest BCUT2D eigenvalue weighted by molar-refractivity contribution is 14.1. The Morgan fingerprint density at radius 2 is 2.11 bits per heavy atom. The van der Waals surface area contributed by atoms with Crippen molar-refractivity contribution in [3.63, 3.8) is 0 Å². The van der Waals surface area contributed by atoms with E-state index in [-0.39, 0.29) is 17.0 Å². The molecule has 1 amide bonds. The molecule has 0 radical (unpaired) electrons. The summed E-state index contributed by atoms with van der Waals surface area (Å²) in [5.41, 5.74) is 0.334. The summed E-state index contributed by atoms with van der Waals surface area (Å²) in [4.78, 5) is 12.1. The van der Waals surface area contributed by atoms with Gasteiger partial charge >= 0.3 is 0 Å². The largest absolute Gasteiger partial charge is 0.349 e. The molecule has 2 N–H and O–H groups in total. The topological polar surface area (TPSA) is 41.1 Å². The average molecular weight is 383 g/mol. The lowest BCUT2D eigenvalue weighted by Gasteiger charge is -2.23. The zero-order chi connectivity index (χ0) is 13.1. The van der Waals surface area contributed by atoms with Crippen LogP contribution in [-0.4, -0.2) is 25.0 Å². The van der Waals surface area contributed by atoms with Crippen molar-refractivity contribution in [2.75, 3.05) is 13.1 Å². The summed E-state index contributed by atoms with van der Waals surface area (Å²) >= 11 is 7.74. The van der Waals surface area contributed by atoms with Crippen LogP contribution < -0.4 is 10.6 Å². The van der Waals surface area contributed by atoms with Crippen molar-refractivity contribution in [3.05, 3.63) is 32.1 Å². The van der Waals surface area contributed by atoms with Crippen LogP contribution in [0.15, 0.2) is 12.1 Å². The molecule has 0 saturated carbocycles. The summed E-state index contributed by atoms with van der Waals surface area (Å²) in [6.45, 7) is 1.80. The summed E-state index contributed by atoms with van der Waals surface area (Å²) in [6.07, 6.45) is 1.81. The normalized spacial score (nSPS) is 16.6. The zero-order valence-corrected chi connectivity index (χ0v) is 12.5. The predicted octanol–water partition coefficient (Wildman–Crippen LogP) is 2.57. The lowest BCUT2D eigenvalue weighted by atomic mass is 10.1. The van der Waals surface area contributed by atoms with Crippen molar-refractivity contribution in [2.45, 2.75) is 18.9 Å². The lowest BCUT2D eigenvalue weighted by Crippen LogP contribution is -2.42. The number of nitrogens with one attached hydrogen (secondary N) is 2. The fraction of sp³-hybridized carbons (Fsp3) is 0.417. The van der Waals surface area contributed by atoms with Crippen LogP contribution in [0.3, 0.4) is 0 Å². The molecule has 3 nitrogen and oxygen atoms in total. The maximum atomic E-state index is 13.2. The Morgan fingerprint density at radius 3 is 2.78 bits per heavy atom. The Balaban J connectivity index is 2.10. The van der Waals surface area contributed by atoms with Gasteiger partial charge in [-0.25, -0.2) is 4.39 Å². The standard InChI is InChI=1S/C12H13ClFIN2O/c13-9-6-10(14)11(15)5-8(9)12(18)17-7-1-3-16-4-2-7/h5-7,16H,1-4H2,(H,17,18). The fourth-order valence-corrected chi connectivity index (χ4v) is 2.63. The van der Waals surface area contributed by atoms with Gasteiger partial charge in [-0.1, -0.05) is 11.6 Å². The number of carbonyl (C=O) groups is 1. The van der Waals surface area contributed by atoms with Crippen molar-refractivity contribution in [2.24, 2.45) is 0 Å². The second kappa shape index (κ2) is 6.16. The smallest absolute Gasteiger partial charge is 0.253 e. The van der Waals surface area contributed by atoms with E-state index in [9.17, 15) is 9.18 Å². The minimum Gasteiger partial charge on any atom is -0.349 e. The number of hydrogen-bond donors (Lipinski definition) is 2. The van der Waals surface area contributed by atoms with Crippen molar-refractivity contribution >= 4 is 40.1 Å². The third-order valence-corrected chi connectivity index (χ3v) is 4.07. The number of amides is 1.